The molecule has 1 fully saturated rings. The van der Waals surface area contributed by atoms with Crippen LogP contribution in [0.2, 0.25) is 0 Å². The van der Waals surface area contributed by atoms with E-state index in [-0.39, 0.29) is 24.0 Å². The van der Waals surface area contributed by atoms with Crippen molar-refractivity contribution < 1.29 is 4.74 Å². The van der Waals surface area contributed by atoms with Crippen molar-refractivity contribution >= 4 is 57.7 Å². The van der Waals surface area contributed by atoms with Gasteiger partial charge < -0.3 is 20.3 Å². The number of rotatable bonds is 8. The van der Waals surface area contributed by atoms with Gasteiger partial charge in [0.25, 0.3) is 0 Å². The molecule has 1 saturated heterocycles. The first-order chi connectivity index (χ1) is 14.1. The maximum Gasteiger partial charge on any atom is 0.191 e. The molecular weight excluding hydrogens is 531 g/mol. The van der Waals surface area contributed by atoms with Crippen LogP contribution in [-0.4, -0.2) is 69.3 Å². The number of thiophene rings is 1. The Labute approximate surface area is 204 Å². The van der Waals surface area contributed by atoms with Gasteiger partial charge in [-0.2, -0.15) is 0 Å². The number of hydrogen-bond acceptors (Lipinski definition) is 7. The summed E-state index contributed by atoms with van der Waals surface area (Å²) in [5.74, 6) is 0.832. The van der Waals surface area contributed by atoms with E-state index in [9.17, 15) is 0 Å². The smallest absolute Gasteiger partial charge is 0.191 e. The standard InChI is InChI=1S/C20H32N6OS2.HI/c1-5-21-19(22-12-16-14-28-20(24-16)25(3)4)23-13-17(18-7-6-15(2)29-18)26-8-10-27-11-9-26;/h6-7,14,17H,5,8-13H2,1-4H3,(H2,21,22,23);1H. The molecule has 1 aliphatic heterocycles. The zero-order valence-corrected chi connectivity index (χ0v) is 22.1. The molecule has 1 atom stereocenters. The second-order valence-corrected chi connectivity index (χ2v) is 9.36. The lowest BCUT2D eigenvalue weighted by atomic mass is 10.2. The molecule has 2 aromatic heterocycles. The Balaban J connectivity index is 0.00000320. The number of anilines is 1. The predicted molar refractivity (Wildman–Crippen MR) is 139 cm³/mol. The highest BCUT2D eigenvalue weighted by Crippen LogP contribution is 2.28. The number of guanidine groups is 1. The van der Waals surface area contributed by atoms with Gasteiger partial charge in [-0.1, -0.05) is 0 Å². The molecule has 1 aliphatic rings. The zero-order chi connectivity index (χ0) is 20.6. The Morgan fingerprint density at radius 2 is 2.07 bits per heavy atom. The highest BCUT2D eigenvalue weighted by Gasteiger charge is 2.24. The lowest BCUT2D eigenvalue weighted by Crippen LogP contribution is -2.46. The fraction of sp³-hybridized carbons (Fsp3) is 0.600. The number of aliphatic imine (C=N–C) groups is 1. The van der Waals surface area contributed by atoms with Crippen molar-refractivity contribution in [3.8, 4) is 0 Å². The van der Waals surface area contributed by atoms with E-state index in [4.69, 9.17) is 9.73 Å². The Hall–Kier alpha value is -0.950. The summed E-state index contributed by atoms with van der Waals surface area (Å²) in [6.07, 6.45) is 0. The summed E-state index contributed by atoms with van der Waals surface area (Å²) in [4.78, 5) is 16.6. The highest BCUT2D eigenvalue weighted by molar-refractivity contribution is 14.0. The fourth-order valence-corrected chi connectivity index (χ4v) is 4.96. The van der Waals surface area contributed by atoms with E-state index in [1.165, 1.54) is 9.75 Å². The number of ether oxygens (including phenoxy) is 1. The molecule has 0 aliphatic carbocycles. The Bertz CT molecular complexity index is 788. The summed E-state index contributed by atoms with van der Waals surface area (Å²) in [7, 11) is 4.02. The van der Waals surface area contributed by atoms with E-state index in [1.807, 2.05) is 30.3 Å². The number of aromatic nitrogens is 1. The van der Waals surface area contributed by atoms with Gasteiger partial charge in [0.15, 0.2) is 11.1 Å². The zero-order valence-electron chi connectivity index (χ0n) is 18.2. The van der Waals surface area contributed by atoms with Crippen molar-refractivity contribution in [1.29, 1.82) is 0 Å². The maximum absolute atomic E-state index is 5.56. The van der Waals surface area contributed by atoms with Crippen molar-refractivity contribution in [2.24, 2.45) is 4.99 Å². The SMILES string of the molecule is CCNC(=NCc1csc(N(C)C)n1)NCC(c1ccc(C)s1)N1CCOCC1.I. The van der Waals surface area contributed by atoms with Crippen LogP contribution in [0.1, 0.15) is 28.4 Å². The van der Waals surface area contributed by atoms with Crippen molar-refractivity contribution in [2.45, 2.75) is 26.4 Å². The topological polar surface area (TPSA) is 65.0 Å². The number of aryl methyl sites for hydroxylation is 1. The molecule has 1 unspecified atom stereocenters. The average molecular weight is 565 g/mol. The summed E-state index contributed by atoms with van der Waals surface area (Å²) >= 11 is 3.52. The lowest BCUT2D eigenvalue weighted by molar-refractivity contribution is 0.0177. The minimum atomic E-state index is 0. The average Bonchev–Trinajstić information content (AvgIpc) is 3.36. The molecule has 0 saturated carbocycles. The number of hydrogen-bond donors (Lipinski definition) is 2. The number of nitrogens with zero attached hydrogens (tertiary/aromatic N) is 4. The number of morpholine rings is 1. The molecule has 2 aromatic rings. The molecule has 0 spiro atoms. The monoisotopic (exact) mass is 564 g/mol. The molecule has 0 bridgehead atoms. The molecular formula is C20H33IN6OS2. The van der Waals surface area contributed by atoms with Crippen LogP contribution in [0.3, 0.4) is 0 Å². The van der Waals surface area contributed by atoms with E-state index >= 15 is 0 Å². The Kier molecular flexibility index (Phi) is 10.8. The Morgan fingerprint density at radius 3 is 2.67 bits per heavy atom. The molecule has 30 heavy (non-hydrogen) atoms. The van der Waals surface area contributed by atoms with Crippen LogP contribution in [0.4, 0.5) is 5.13 Å². The number of thiazole rings is 1. The first kappa shape index (κ1) is 25.3. The fourth-order valence-electron chi connectivity index (χ4n) is 3.20. The minimum Gasteiger partial charge on any atom is -0.379 e. The lowest BCUT2D eigenvalue weighted by Gasteiger charge is -2.34. The molecule has 0 amide bonds. The molecule has 168 valence electrons. The summed E-state index contributed by atoms with van der Waals surface area (Å²) in [5, 5.41) is 10.0. The van der Waals surface area contributed by atoms with E-state index in [0.29, 0.717) is 12.6 Å². The summed E-state index contributed by atoms with van der Waals surface area (Å²) in [6.45, 7) is 9.98. The Morgan fingerprint density at radius 1 is 1.30 bits per heavy atom. The third-order valence-corrected chi connectivity index (χ3v) is 6.86. The van der Waals surface area contributed by atoms with Crippen molar-refractivity contribution in [2.75, 3.05) is 58.4 Å². The second-order valence-electron chi connectivity index (χ2n) is 7.20. The predicted octanol–water partition coefficient (Wildman–Crippen LogP) is 3.33. The molecule has 0 radical (unpaired) electrons. The molecule has 3 rings (SSSR count). The number of halogens is 1. The van der Waals surface area contributed by atoms with Crippen LogP contribution in [0.25, 0.3) is 0 Å². The molecule has 0 aromatic carbocycles. The summed E-state index contributed by atoms with van der Waals surface area (Å²) < 4.78 is 5.56. The van der Waals surface area contributed by atoms with Gasteiger partial charge in [0, 0.05) is 55.4 Å². The van der Waals surface area contributed by atoms with Gasteiger partial charge in [-0.15, -0.1) is 46.7 Å². The van der Waals surface area contributed by atoms with Gasteiger partial charge in [0.1, 0.15) is 0 Å². The summed E-state index contributed by atoms with van der Waals surface area (Å²) in [5.41, 5.74) is 0.995. The van der Waals surface area contributed by atoms with Gasteiger partial charge in [0.05, 0.1) is 31.5 Å². The van der Waals surface area contributed by atoms with Gasteiger partial charge in [-0.05, 0) is 26.0 Å². The normalized spacial score (nSPS) is 16.1. The van der Waals surface area contributed by atoms with E-state index in [1.54, 1.807) is 11.3 Å². The number of nitrogens with one attached hydrogen (secondary N) is 2. The van der Waals surface area contributed by atoms with Crippen LogP contribution in [0.15, 0.2) is 22.5 Å². The van der Waals surface area contributed by atoms with Gasteiger partial charge in [-0.3, -0.25) is 4.90 Å². The van der Waals surface area contributed by atoms with Crippen molar-refractivity contribution in [1.82, 2.24) is 20.5 Å². The van der Waals surface area contributed by atoms with Crippen LogP contribution in [0.5, 0.6) is 0 Å². The van der Waals surface area contributed by atoms with E-state index in [2.05, 4.69) is 51.9 Å². The van der Waals surface area contributed by atoms with E-state index < -0.39 is 0 Å². The van der Waals surface area contributed by atoms with Crippen molar-refractivity contribution in [3.63, 3.8) is 0 Å². The minimum absolute atomic E-state index is 0. The van der Waals surface area contributed by atoms with Gasteiger partial charge in [-0.25, -0.2) is 9.98 Å². The second kappa shape index (κ2) is 12.8. The van der Waals surface area contributed by atoms with Crippen LogP contribution >= 0.6 is 46.7 Å². The maximum atomic E-state index is 5.56. The first-order valence-electron chi connectivity index (χ1n) is 10.1. The highest BCUT2D eigenvalue weighted by atomic mass is 127. The van der Waals surface area contributed by atoms with E-state index in [0.717, 1.165) is 56.2 Å². The van der Waals surface area contributed by atoms with Crippen LogP contribution in [0, 0.1) is 6.92 Å². The largest absolute Gasteiger partial charge is 0.379 e. The third-order valence-electron chi connectivity index (χ3n) is 4.70. The molecule has 7 nitrogen and oxygen atoms in total. The van der Waals surface area contributed by atoms with Crippen LogP contribution < -0.4 is 15.5 Å². The first-order valence-corrected chi connectivity index (χ1v) is 11.8. The van der Waals surface area contributed by atoms with Gasteiger partial charge >= 0.3 is 0 Å². The summed E-state index contributed by atoms with van der Waals surface area (Å²) in [6, 6.07) is 4.78. The molecule has 10 heteroatoms. The molecule has 3 heterocycles. The van der Waals surface area contributed by atoms with Crippen molar-refractivity contribution in [3.05, 3.63) is 33.0 Å². The quantitative estimate of drug-likeness (QED) is 0.292. The third kappa shape index (κ3) is 7.33. The molecule has 2 N–H and O–H groups in total. The van der Waals surface area contributed by atoms with Gasteiger partial charge in [0.2, 0.25) is 0 Å². The van der Waals surface area contributed by atoms with Crippen LogP contribution in [-0.2, 0) is 11.3 Å².